The van der Waals surface area contributed by atoms with Crippen LogP contribution in [0.1, 0.15) is 11.3 Å². The molecule has 3 aromatic rings. The van der Waals surface area contributed by atoms with Crippen molar-refractivity contribution in [3.05, 3.63) is 47.8 Å². The fraction of sp³-hybridized carbons (Fsp3) is 0.143. The number of aromatic amines is 2. The number of hydrogen-bond donors (Lipinski definition) is 2. The van der Waals surface area contributed by atoms with Crippen LogP contribution in [0.2, 0.25) is 0 Å². The van der Waals surface area contributed by atoms with Crippen molar-refractivity contribution in [1.29, 1.82) is 0 Å². The molecule has 0 aliphatic rings. The molecule has 0 amide bonds. The third-order valence-corrected chi connectivity index (χ3v) is 2.93. The lowest BCUT2D eigenvalue weighted by molar-refractivity contribution is 1.03. The molecule has 0 spiro atoms. The number of nitrogens with zero attached hydrogens (tertiary/aromatic N) is 2. The van der Waals surface area contributed by atoms with Gasteiger partial charge in [0.25, 0.3) is 0 Å². The van der Waals surface area contributed by atoms with E-state index in [0.29, 0.717) is 0 Å². The zero-order valence-corrected chi connectivity index (χ0v) is 10.4. The number of H-pyrrole nitrogens is 2. The van der Waals surface area contributed by atoms with E-state index < -0.39 is 0 Å². The zero-order chi connectivity index (χ0) is 12.5. The van der Waals surface area contributed by atoms with Crippen LogP contribution in [0, 0.1) is 13.8 Å². The normalized spacial score (nSPS) is 10.8. The first-order valence-corrected chi connectivity index (χ1v) is 5.87. The lowest BCUT2D eigenvalue weighted by Gasteiger charge is -2.02. The molecule has 0 aliphatic carbocycles. The summed E-state index contributed by atoms with van der Waals surface area (Å²) in [6.07, 6.45) is 1.84. The molecule has 18 heavy (non-hydrogen) atoms. The molecule has 1 aromatic carbocycles. The van der Waals surface area contributed by atoms with Gasteiger partial charge in [0.15, 0.2) is 0 Å². The van der Waals surface area contributed by atoms with Crippen molar-refractivity contribution < 1.29 is 0 Å². The second kappa shape index (κ2) is 4.14. The van der Waals surface area contributed by atoms with Crippen molar-refractivity contribution in [2.24, 2.45) is 0 Å². The van der Waals surface area contributed by atoms with Crippen molar-refractivity contribution in [2.75, 3.05) is 0 Å². The van der Waals surface area contributed by atoms with Gasteiger partial charge in [-0.1, -0.05) is 29.8 Å². The van der Waals surface area contributed by atoms with Crippen molar-refractivity contribution in [3.63, 3.8) is 0 Å². The minimum Gasteiger partial charge on any atom is -0.282 e. The Labute approximate surface area is 105 Å². The summed E-state index contributed by atoms with van der Waals surface area (Å²) in [7, 11) is 0. The summed E-state index contributed by atoms with van der Waals surface area (Å²) in [5, 5.41) is 14.4. The summed E-state index contributed by atoms with van der Waals surface area (Å²) in [6.45, 7) is 4.07. The highest BCUT2D eigenvalue weighted by Crippen LogP contribution is 2.29. The van der Waals surface area contributed by atoms with Crippen LogP contribution in [0.3, 0.4) is 0 Å². The molecular formula is C14H14N4. The molecule has 0 aliphatic heterocycles. The first-order valence-electron chi connectivity index (χ1n) is 5.87. The first-order chi connectivity index (χ1) is 8.74. The maximum absolute atomic E-state index is 4.27. The van der Waals surface area contributed by atoms with Gasteiger partial charge in [0.2, 0.25) is 0 Å². The van der Waals surface area contributed by atoms with Gasteiger partial charge in [0, 0.05) is 11.3 Å². The molecule has 0 fully saturated rings. The molecule has 2 N–H and O–H groups in total. The van der Waals surface area contributed by atoms with Crippen LogP contribution in [0.15, 0.2) is 36.5 Å². The molecule has 0 unspecified atom stereocenters. The van der Waals surface area contributed by atoms with Crippen LogP contribution in [0.4, 0.5) is 0 Å². The molecule has 0 bridgehead atoms. The topological polar surface area (TPSA) is 57.4 Å². The molecule has 90 valence electrons. The van der Waals surface area contributed by atoms with Gasteiger partial charge in [0.05, 0.1) is 11.9 Å². The van der Waals surface area contributed by atoms with Gasteiger partial charge >= 0.3 is 0 Å². The largest absolute Gasteiger partial charge is 0.282 e. The van der Waals surface area contributed by atoms with E-state index in [0.717, 1.165) is 28.2 Å². The predicted molar refractivity (Wildman–Crippen MR) is 71.1 cm³/mol. The summed E-state index contributed by atoms with van der Waals surface area (Å²) in [5.74, 6) is 0. The van der Waals surface area contributed by atoms with E-state index in [1.165, 1.54) is 5.56 Å². The molecule has 4 heteroatoms. The van der Waals surface area contributed by atoms with E-state index >= 15 is 0 Å². The minimum absolute atomic E-state index is 0.890. The van der Waals surface area contributed by atoms with Crippen molar-refractivity contribution in [1.82, 2.24) is 20.4 Å². The van der Waals surface area contributed by atoms with Gasteiger partial charge in [-0.15, -0.1) is 0 Å². The number of hydrogen-bond acceptors (Lipinski definition) is 2. The first kappa shape index (κ1) is 10.8. The summed E-state index contributed by atoms with van der Waals surface area (Å²) in [4.78, 5) is 0. The van der Waals surface area contributed by atoms with Crippen molar-refractivity contribution >= 4 is 0 Å². The van der Waals surface area contributed by atoms with Crippen molar-refractivity contribution in [2.45, 2.75) is 13.8 Å². The Morgan fingerprint density at radius 1 is 1.06 bits per heavy atom. The second-order valence-electron chi connectivity index (χ2n) is 4.46. The summed E-state index contributed by atoms with van der Waals surface area (Å²) >= 11 is 0. The Kier molecular flexibility index (Phi) is 2.48. The fourth-order valence-corrected chi connectivity index (χ4v) is 2.06. The number of aromatic nitrogens is 4. The second-order valence-corrected chi connectivity index (χ2v) is 4.46. The Hall–Kier alpha value is -2.36. The van der Waals surface area contributed by atoms with E-state index in [2.05, 4.69) is 51.6 Å². The summed E-state index contributed by atoms with van der Waals surface area (Å²) in [5.41, 5.74) is 6.34. The van der Waals surface area contributed by atoms with Gasteiger partial charge in [-0.3, -0.25) is 10.2 Å². The lowest BCUT2D eigenvalue weighted by Crippen LogP contribution is -1.83. The minimum atomic E-state index is 0.890. The molecule has 3 rings (SSSR count). The van der Waals surface area contributed by atoms with Crippen LogP contribution >= 0.6 is 0 Å². The molecule has 0 saturated carbocycles. The Morgan fingerprint density at radius 3 is 2.67 bits per heavy atom. The van der Waals surface area contributed by atoms with Crippen LogP contribution in [0.5, 0.6) is 0 Å². The Morgan fingerprint density at radius 2 is 1.94 bits per heavy atom. The molecular weight excluding hydrogens is 224 g/mol. The van der Waals surface area contributed by atoms with Gasteiger partial charge < -0.3 is 0 Å². The summed E-state index contributed by atoms with van der Waals surface area (Å²) < 4.78 is 0. The average Bonchev–Trinajstić information content (AvgIpc) is 2.96. The molecule has 0 saturated heterocycles. The van der Waals surface area contributed by atoms with E-state index in [9.17, 15) is 0 Å². The Bertz CT molecular complexity index is 678. The molecule has 2 aromatic heterocycles. The highest BCUT2D eigenvalue weighted by Gasteiger charge is 2.12. The Balaban J connectivity index is 2.12. The molecule has 0 atom stereocenters. The molecule has 0 radical (unpaired) electrons. The highest BCUT2D eigenvalue weighted by molar-refractivity contribution is 5.78. The third-order valence-electron chi connectivity index (χ3n) is 2.93. The fourth-order valence-electron chi connectivity index (χ4n) is 2.06. The lowest BCUT2D eigenvalue weighted by atomic mass is 10.0. The van der Waals surface area contributed by atoms with Gasteiger partial charge in [-0.25, -0.2) is 0 Å². The molecule has 2 heterocycles. The van der Waals surface area contributed by atoms with Crippen LogP contribution in [0.25, 0.3) is 22.5 Å². The maximum Gasteiger partial charge on any atom is 0.111 e. The highest BCUT2D eigenvalue weighted by atomic mass is 15.2. The van der Waals surface area contributed by atoms with E-state index in [-0.39, 0.29) is 0 Å². The van der Waals surface area contributed by atoms with Crippen LogP contribution < -0.4 is 0 Å². The number of rotatable bonds is 2. The number of benzene rings is 1. The quantitative estimate of drug-likeness (QED) is 0.720. The molecule has 4 nitrogen and oxygen atoms in total. The zero-order valence-electron chi connectivity index (χ0n) is 10.4. The van der Waals surface area contributed by atoms with Gasteiger partial charge in [-0.2, -0.15) is 10.2 Å². The van der Waals surface area contributed by atoms with Crippen LogP contribution in [-0.2, 0) is 0 Å². The van der Waals surface area contributed by atoms with E-state index in [4.69, 9.17) is 0 Å². The SMILES string of the molecule is Cc1cccc(-c2cn[nH]c2-c2cc(C)[nH]n2)c1. The smallest absolute Gasteiger partial charge is 0.111 e. The van der Waals surface area contributed by atoms with Crippen molar-refractivity contribution in [3.8, 4) is 22.5 Å². The van der Waals surface area contributed by atoms with E-state index in [1.807, 2.05) is 19.2 Å². The van der Waals surface area contributed by atoms with Gasteiger partial charge in [-0.05, 0) is 25.5 Å². The average molecular weight is 238 g/mol. The standard InChI is InChI=1S/C14H14N4/c1-9-4-3-5-11(6-9)12-8-15-18-14(12)13-7-10(2)16-17-13/h3-8H,1-2H3,(H,15,18)(H,16,17). The maximum atomic E-state index is 4.27. The number of aryl methyl sites for hydroxylation is 2. The summed E-state index contributed by atoms with van der Waals surface area (Å²) in [6, 6.07) is 10.4. The van der Waals surface area contributed by atoms with Crippen LogP contribution in [-0.4, -0.2) is 20.4 Å². The van der Waals surface area contributed by atoms with E-state index in [1.54, 1.807) is 0 Å². The predicted octanol–water partition coefficient (Wildman–Crippen LogP) is 3.08. The monoisotopic (exact) mass is 238 g/mol. The van der Waals surface area contributed by atoms with Gasteiger partial charge in [0.1, 0.15) is 5.69 Å². The third kappa shape index (κ3) is 1.82. The number of nitrogens with one attached hydrogen (secondary N) is 2.